The molecule has 0 saturated carbocycles. The molecule has 4 nitrogen and oxygen atoms in total. The Morgan fingerprint density at radius 3 is 2.80 bits per heavy atom. The van der Waals surface area contributed by atoms with Crippen LogP contribution in [-0.2, 0) is 22.5 Å². The van der Waals surface area contributed by atoms with Gasteiger partial charge in [0, 0.05) is 11.3 Å². The van der Waals surface area contributed by atoms with E-state index in [1.807, 2.05) is 19.9 Å². The SMILES string of the molecule is COC(=O)Cc1c(C)nn(Cc2cccc(F)c2)c1C. The Kier molecular flexibility index (Phi) is 4.17. The molecule has 0 atom stereocenters. The summed E-state index contributed by atoms with van der Waals surface area (Å²) in [6.07, 6.45) is 0.206. The maximum Gasteiger partial charge on any atom is 0.310 e. The molecule has 1 heterocycles. The predicted octanol–water partition coefficient (Wildman–Crippen LogP) is 2.40. The molecular weight excluding hydrogens is 259 g/mol. The second-order valence-electron chi connectivity index (χ2n) is 4.69. The molecule has 0 unspecified atom stereocenters. The van der Waals surface area contributed by atoms with Crippen molar-refractivity contribution in [2.45, 2.75) is 26.8 Å². The number of hydrogen-bond donors (Lipinski definition) is 0. The van der Waals surface area contributed by atoms with Crippen molar-refractivity contribution in [2.75, 3.05) is 7.11 Å². The number of methoxy groups -OCH3 is 1. The molecule has 5 heteroatoms. The number of rotatable bonds is 4. The van der Waals surface area contributed by atoms with Crippen LogP contribution in [0.4, 0.5) is 4.39 Å². The number of esters is 1. The lowest BCUT2D eigenvalue weighted by atomic mass is 10.1. The number of halogens is 1. The van der Waals surface area contributed by atoms with Crippen LogP contribution in [0.25, 0.3) is 0 Å². The second kappa shape index (κ2) is 5.86. The number of carbonyl (C=O) groups is 1. The molecule has 0 aliphatic heterocycles. The van der Waals surface area contributed by atoms with Gasteiger partial charge in [-0.05, 0) is 31.5 Å². The summed E-state index contributed by atoms with van der Waals surface area (Å²) in [5, 5.41) is 4.41. The summed E-state index contributed by atoms with van der Waals surface area (Å²) in [5.74, 6) is -0.555. The van der Waals surface area contributed by atoms with E-state index in [4.69, 9.17) is 0 Å². The summed E-state index contributed by atoms with van der Waals surface area (Å²) in [6.45, 7) is 4.23. The third-order valence-electron chi connectivity index (χ3n) is 3.30. The molecule has 1 aromatic carbocycles. The summed E-state index contributed by atoms with van der Waals surface area (Å²) in [4.78, 5) is 11.4. The molecule has 0 spiro atoms. The van der Waals surface area contributed by atoms with Crippen LogP contribution in [0.1, 0.15) is 22.5 Å². The molecule has 0 fully saturated rings. The first-order valence-electron chi connectivity index (χ1n) is 6.35. The first kappa shape index (κ1) is 14.2. The monoisotopic (exact) mass is 276 g/mol. The molecule has 0 aliphatic carbocycles. The van der Waals surface area contributed by atoms with Gasteiger partial charge in [0.1, 0.15) is 5.82 Å². The largest absolute Gasteiger partial charge is 0.469 e. The minimum absolute atomic E-state index is 0.206. The van der Waals surface area contributed by atoms with Gasteiger partial charge in [-0.2, -0.15) is 5.10 Å². The smallest absolute Gasteiger partial charge is 0.310 e. The second-order valence-corrected chi connectivity index (χ2v) is 4.69. The number of nitrogens with zero attached hydrogens (tertiary/aromatic N) is 2. The van der Waals surface area contributed by atoms with E-state index in [0.717, 1.165) is 22.5 Å². The van der Waals surface area contributed by atoms with Gasteiger partial charge in [-0.25, -0.2) is 4.39 Å². The fourth-order valence-corrected chi connectivity index (χ4v) is 2.17. The topological polar surface area (TPSA) is 44.1 Å². The summed E-state index contributed by atoms with van der Waals surface area (Å²) < 4.78 is 19.6. The highest BCUT2D eigenvalue weighted by molar-refractivity contribution is 5.73. The van der Waals surface area contributed by atoms with Crippen molar-refractivity contribution in [3.05, 3.63) is 52.6 Å². The van der Waals surface area contributed by atoms with E-state index in [-0.39, 0.29) is 18.2 Å². The van der Waals surface area contributed by atoms with Gasteiger partial charge >= 0.3 is 5.97 Å². The zero-order valence-electron chi connectivity index (χ0n) is 11.8. The van der Waals surface area contributed by atoms with Crippen molar-refractivity contribution in [3.8, 4) is 0 Å². The fraction of sp³-hybridized carbons (Fsp3) is 0.333. The third kappa shape index (κ3) is 3.04. The normalized spacial score (nSPS) is 10.6. The summed E-state index contributed by atoms with van der Waals surface area (Å²) in [7, 11) is 1.37. The van der Waals surface area contributed by atoms with Crippen LogP contribution in [0.3, 0.4) is 0 Å². The Labute approximate surface area is 117 Å². The summed E-state index contributed by atoms with van der Waals surface area (Å²) in [6, 6.07) is 6.41. The Bertz CT molecular complexity index is 635. The number of benzene rings is 1. The number of carbonyl (C=O) groups excluding carboxylic acids is 1. The Hall–Kier alpha value is -2.17. The maximum absolute atomic E-state index is 13.2. The Balaban J connectivity index is 2.25. The van der Waals surface area contributed by atoms with Crippen molar-refractivity contribution >= 4 is 5.97 Å². The minimum Gasteiger partial charge on any atom is -0.469 e. The first-order valence-corrected chi connectivity index (χ1v) is 6.35. The molecule has 1 aromatic heterocycles. The van der Waals surface area contributed by atoms with Crippen LogP contribution in [0.5, 0.6) is 0 Å². The van der Waals surface area contributed by atoms with Gasteiger partial charge in [0.25, 0.3) is 0 Å². The van der Waals surface area contributed by atoms with E-state index >= 15 is 0 Å². The molecule has 0 saturated heterocycles. The zero-order valence-corrected chi connectivity index (χ0v) is 11.8. The lowest BCUT2D eigenvalue weighted by molar-refractivity contribution is -0.139. The summed E-state index contributed by atoms with van der Waals surface area (Å²) >= 11 is 0. The van der Waals surface area contributed by atoms with Gasteiger partial charge < -0.3 is 4.74 Å². The van der Waals surface area contributed by atoms with E-state index < -0.39 is 0 Å². The molecular formula is C15H17FN2O2. The lowest BCUT2D eigenvalue weighted by Crippen LogP contribution is -2.07. The molecule has 2 rings (SSSR count). The standard InChI is InChI=1S/C15H17FN2O2/c1-10-14(8-15(19)20-3)11(2)18(17-10)9-12-5-4-6-13(16)7-12/h4-7H,8-9H2,1-3H3. The molecule has 0 amide bonds. The average Bonchev–Trinajstić information content (AvgIpc) is 2.66. The molecule has 20 heavy (non-hydrogen) atoms. The van der Waals surface area contributed by atoms with Crippen LogP contribution in [0.15, 0.2) is 24.3 Å². The van der Waals surface area contributed by atoms with Crippen LogP contribution < -0.4 is 0 Å². The van der Waals surface area contributed by atoms with Gasteiger partial charge in [0.15, 0.2) is 0 Å². The quantitative estimate of drug-likeness (QED) is 0.805. The molecule has 2 aromatic rings. The van der Waals surface area contributed by atoms with E-state index in [1.165, 1.54) is 19.2 Å². The number of aryl methyl sites for hydroxylation is 1. The highest BCUT2D eigenvalue weighted by Crippen LogP contribution is 2.16. The molecule has 106 valence electrons. The third-order valence-corrected chi connectivity index (χ3v) is 3.30. The average molecular weight is 276 g/mol. The van der Waals surface area contributed by atoms with E-state index in [1.54, 1.807) is 10.7 Å². The number of ether oxygens (including phenoxy) is 1. The number of hydrogen-bond acceptors (Lipinski definition) is 3. The Morgan fingerprint density at radius 1 is 1.40 bits per heavy atom. The van der Waals surface area contributed by atoms with Crippen LogP contribution in [0.2, 0.25) is 0 Å². The van der Waals surface area contributed by atoms with Crippen LogP contribution >= 0.6 is 0 Å². The summed E-state index contributed by atoms with van der Waals surface area (Å²) in [5.41, 5.74) is 3.40. The van der Waals surface area contributed by atoms with Crippen molar-refractivity contribution in [1.82, 2.24) is 9.78 Å². The molecule has 0 bridgehead atoms. The Morgan fingerprint density at radius 2 is 2.15 bits per heavy atom. The van der Waals surface area contributed by atoms with Gasteiger partial charge in [-0.1, -0.05) is 12.1 Å². The lowest BCUT2D eigenvalue weighted by Gasteiger charge is -2.06. The van der Waals surface area contributed by atoms with Crippen molar-refractivity contribution in [2.24, 2.45) is 0 Å². The minimum atomic E-state index is -0.290. The maximum atomic E-state index is 13.2. The molecule has 0 aliphatic rings. The number of aromatic nitrogens is 2. The van der Waals surface area contributed by atoms with Crippen LogP contribution in [0, 0.1) is 19.7 Å². The zero-order chi connectivity index (χ0) is 14.7. The van der Waals surface area contributed by atoms with E-state index in [2.05, 4.69) is 9.84 Å². The van der Waals surface area contributed by atoms with Gasteiger partial charge in [0.2, 0.25) is 0 Å². The van der Waals surface area contributed by atoms with Crippen LogP contribution in [-0.4, -0.2) is 22.9 Å². The first-order chi connectivity index (χ1) is 9.51. The highest BCUT2D eigenvalue weighted by Gasteiger charge is 2.15. The van der Waals surface area contributed by atoms with Gasteiger partial charge in [0.05, 0.1) is 25.8 Å². The molecule has 0 radical (unpaired) electrons. The molecule has 0 N–H and O–H groups in total. The van der Waals surface area contributed by atoms with Gasteiger partial charge in [-0.3, -0.25) is 9.48 Å². The fourth-order valence-electron chi connectivity index (χ4n) is 2.17. The van der Waals surface area contributed by atoms with E-state index in [0.29, 0.717) is 6.54 Å². The predicted molar refractivity (Wildman–Crippen MR) is 72.9 cm³/mol. The van der Waals surface area contributed by atoms with E-state index in [9.17, 15) is 9.18 Å². The van der Waals surface area contributed by atoms with Crippen molar-refractivity contribution in [3.63, 3.8) is 0 Å². The highest BCUT2D eigenvalue weighted by atomic mass is 19.1. The van der Waals surface area contributed by atoms with Gasteiger partial charge in [-0.15, -0.1) is 0 Å². The van der Waals surface area contributed by atoms with Crippen molar-refractivity contribution in [1.29, 1.82) is 0 Å². The van der Waals surface area contributed by atoms with Crippen molar-refractivity contribution < 1.29 is 13.9 Å².